The van der Waals surface area contributed by atoms with E-state index in [2.05, 4.69) is 0 Å². The molecular formula is C12H15ClO3. The third-order valence-corrected chi connectivity index (χ3v) is 2.59. The molecule has 0 aromatic heterocycles. The highest BCUT2D eigenvalue weighted by molar-refractivity contribution is 6.30. The van der Waals surface area contributed by atoms with Crippen molar-refractivity contribution in [2.75, 3.05) is 6.61 Å². The largest absolute Gasteiger partial charge is 0.479 e. The van der Waals surface area contributed by atoms with Gasteiger partial charge >= 0.3 is 5.97 Å². The molecule has 0 radical (unpaired) electrons. The number of aryl methyl sites for hydroxylation is 1. The lowest BCUT2D eigenvalue weighted by atomic mass is 10.0. The van der Waals surface area contributed by atoms with Gasteiger partial charge in [-0.05, 0) is 37.1 Å². The summed E-state index contributed by atoms with van der Waals surface area (Å²) in [5.74, 6) is -0.943. The average molecular weight is 243 g/mol. The van der Waals surface area contributed by atoms with Crippen molar-refractivity contribution in [2.45, 2.75) is 26.4 Å². The topological polar surface area (TPSA) is 46.5 Å². The fourth-order valence-corrected chi connectivity index (χ4v) is 1.67. The van der Waals surface area contributed by atoms with Gasteiger partial charge in [-0.3, -0.25) is 0 Å². The third-order valence-electron chi connectivity index (χ3n) is 2.36. The van der Waals surface area contributed by atoms with Gasteiger partial charge in [-0.1, -0.05) is 17.7 Å². The molecule has 0 aliphatic carbocycles. The van der Waals surface area contributed by atoms with Crippen LogP contribution in [0.4, 0.5) is 0 Å². The van der Waals surface area contributed by atoms with Crippen molar-refractivity contribution in [1.82, 2.24) is 0 Å². The number of aliphatic carboxylic acids is 1. The minimum atomic E-state index is -0.943. The predicted molar refractivity (Wildman–Crippen MR) is 62.9 cm³/mol. The molecule has 1 N–H and O–H groups in total. The number of hydrogen-bond acceptors (Lipinski definition) is 2. The van der Waals surface area contributed by atoms with Crippen molar-refractivity contribution >= 4 is 17.6 Å². The highest BCUT2D eigenvalue weighted by Gasteiger charge is 2.18. The summed E-state index contributed by atoms with van der Waals surface area (Å²) in [5.41, 5.74) is 1.93. The molecule has 1 rings (SSSR count). The van der Waals surface area contributed by atoms with Crippen molar-refractivity contribution in [3.05, 3.63) is 34.3 Å². The van der Waals surface area contributed by atoms with E-state index in [-0.39, 0.29) is 0 Å². The number of carbonyl (C=O) groups is 1. The van der Waals surface area contributed by atoms with E-state index in [1.165, 1.54) is 0 Å². The number of carboxylic acid groups (broad SMARTS) is 1. The second-order valence-corrected chi connectivity index (χ2v) is 3.99. The van der Waals surface area contributed by atoms with Gasteiger partial charge in [0.05, 0.1) is 0 Å². The first-order chi connectivity index (χ1) is 7.54. The second kappa shape index (κ2) is 5.87. The van der Waals surface area contributed by atoms with Crippen LogP contribution in [0.3, 0.4) is 0 Å². The van der Waals surface area contributed by atoms with Gasteiger partial charge < -0.3 is 9.84 Å². The van der Waals surface area contributed by atoms with Crippen LogP contribution in [0.2, 0.25) is 5.02 Å². The fourth-order valence-electron chi connectivity index (χ4n) is 1.48. The molecule has 1 atom stereocenters. The Labute approximate surface area is 100.0 Å². The predicted octanol–water partition coefficient (Wildman–Crippen LogP) is 2.68. The van der Waals surface area contributed by atoms with Crippen molar-refractivity contribution in [1.29, 1.82) is 0 Å². The molecule has 3 nitrogen and oxygen atoms in total. The monoisotopic (exact) mass is 242 g/mol. The number of halogens is 1. The highest BCUT2D eigenvalue weighted by Crippen LogP contribution is 2.17. The van der Waals surface area contributed by atoms with Crippen molar-refractivity contribution in [3.8, 4) is 0 Å². The van der Waals surface area contributed by atoms with Gasteiger partial charge in [0.25, 0.3) is 0 Å². The Morgan fingerprint density at radius 3 is 2.81 bits per heavy atom. The maximum atomic E-state index is 10.9. The van der Waals surface area contributed by atoms with Crippen LogP contribution in [-0.2, 0) is 16.0 Å². The Bertz CT molecular complexity index is 377. The summed E-state index contributed by atoms with van der Waals surface area (Å²) >= 11 is 5.87. The van der Waals surface area contributed by atoms with Crippen molar-refractivity contribution in [2.24, 2.45) is 0 Å². The Kier molecular flexibility index (Phi) is 4.77. The lowest BCUT2D eigenvalue weighted by Gasteiger charge is -2.14. The minimum absolute atomic E-state index is 0.343. The number of carboxylic acids is 1. The molecule has 0 amide bonds. The van der Waals surface area contributed by atoms with Crippen molar-refractivity contribution in [3.63, 3.8) is 0 Å². The van der Waals surface area contributed by atoms with Gasteiger partial charge in [-0.15, -0.1) is 0 Å². The zero-order valence-electron chi connectivity index (χ0n) is 9.37. The molecule has 1 aromatic rings. The fraction of sp³-hybridized carbons (Fsp3) is 0.417. The zero-order valence-corrected chi connectivity index (χ0v) is 10.1. The van der Waals surface area contributed by atoms with E-state index in [9.17, 15) is 4.79 Å². The van der Waals surface area contributed by atoms with Crippen LogP contribution in [0.1, 0.15) is 18.1 Å². The lowest BCUT2D eigenvalue weighted by molar-refractivity contribution is -0.149. The van der Waals surface area contributed by atoms with Crippen LogP contribution in [0.15, 0.2) is 18.2 Å². The molecule has 0 saturated carbocycles. The molecule has 16 heavy (non-hydrogen) atoms. The van der Waals surface area contributed by atoms with E-state index in [0.717, 1.165) is 11.1 Å². The summed E-state index contributed by atoms with van der Waals surface area (Å²) in [6.07, 6.45) is -0.461. The number of hydrogen-bond donors (Lipinski definition) is 1. The second-order valence-electron chi connectivity index (χ2n) is 3.56. The molecule has 0 fully saturated rings. The van der Waals surface area contributed by atoms with E-state index in [0.29, 0.717) is 18.1 Å². The van der Waals surface area contributed by atoms with Gasteiger partial charge in [0.2, 0.25) is 0 Å². The summed E-state index contributed by atoms with van der Waals surface area (Å²) in [6.45, 7) is 4.09. The summed E-state index contributed by atoms with van der Waals surface area (Å²) in [7, 11) is 0. The molecule has 0 aliphatic rings. The molecule has 0 spiro atoms. The third kappa shape index (κ3) is 3.51. The van der Waals surface area contributed by atoms with E-state index in [4.69, 9.17) is 21.4 Å². The first kappa shape index (κ1) is 13.0. The summed E-state index contributed by atoms with van der Waals surface area (Å²) in [4.78, 5) is 10.9. The summed E-state index contributed by atoms with van der Waals surface area (Å²) in [5, 5.41) is 9.58. The van der Waals surface area contributed by atoms with E-state index < -0.39 is 12.1 Å². The first-order valence-electron chi connectivity index (χ1n) is 5.14. The normalized spacial score (nSPS) is 12.4. The molecule has 0 aliphatic heterocycles. The lowest BCUT2D eigenvalue weighted by Crippen LogP contribution is -2.26. The quantitative estimate of drug-likeness (QED) is 0.864. The van der Waals surface area contributed by atoms with Crippen LogP contribution in [0.25, 0.3) is 0 Å². The summed E-state index contributed by atoms with van der Waals surface area (Å²) in [6, 6.07) is 5.45. The van der Waals surface area contributed by atoms with E-state index in [1.54, 1.807) is 19.1 Å². The van der Waals surface area contributed by atoms with Crippen LogP contribution in [-0.4, -0.2) is 23.8 Å². The van der Waals surface area contributed by atoms with Crippen LogP contribution >= 0.6 is 11.6 Å². The summed E-state index contributed by atoms with van der Waals surface area (Å²) < 4.78 is 5.16. The van der Waals surface area contributed by atoms with Gasteiger partial charge in [-0.25, -0.2) is 4.79 Å². The Morgan fingerprint density at radius 2 is 2.25 bits per heavy atom. The minimum Gasteiger partial charge on any atom is -0.479 e. The van der Waals surface area contributed by atoms with Gasteiger partial charge in [0.1, 0.15) is 0 Å². The maximum absolute atomic E-state index is 10.9. The number of ether oxygens (including phenoxy) is 1. The number of benzene rings is 1. The molecule has 0 saturated heterocycles. The Hall–Kier alpha value is -1.06. The van der Waals surface area contributed by atoms with E-state index >= 15 is 0 Å². The van der Waals surface area contributed by atoms with Gasteiger partial charge in [0.15, 0.2) is 6.10 Å². The van der Waals surface area contributed by atoms with Crippen molar-refractivity contribution < 1.29 is 14.6 Å². The smallest absolute Gasteiger partial charge is 0.333 e. The molecule has 4 heteroatoms. The van der Waals surface area contributed by atoms with E-state index in [1.807, 2.05) is 13.0 Å². The van der Waals surface area contributed by atoms with Crippen LogP contribution in [0, 0.1) is 6.92 Å². The highest BCUT2D eigenvalue weighted by atomic mass is 35.5. The Balaban J connectivity index is 2.84. The Morgan fingerprint density at radius 1 is 1.56 bits per heavy atom. The standard InChI is InChI=1S/C12H15ClO3/c1-3-16-11(12(14)15)7-9-6-10(13)5-4-8(9)2/h4-6,11H,3,7H2,1-2H3,(H,14,15)/t11-/m0/s1. The average Bonchev–Trinajstić information content (AvgIpc) is 2.22. The molecule has 88 valence electrons. The van der Waals surface area contributed by atoms with Gasteiger partial charge in [-0.2, -0.15) is 0 Å². The molecule has 0 heterocycles. The molecule has 0 unspecified atom stereocenters. The SMILES string of the molecule is CCO[C@@H](Cc1cc(Cl)ccc1C)C(=O)O. The zero-order chi connectivity index (χ0) is 12.1. The molecular weight excluding hydrogens is 228 g/mol. The van der Waals surface area contributed by atoms with Crippen LogP contribution < -0.4 is 0 Å². The van der Waals surface area contributed by atoms with Gasteiger partial charge in [0, 0.05) is 18.1 Å². The first-order valence-corrected chi connectivity index (χ1v) is 5.51. The molecule has 1 aromatic carbocycles. The number of rotatable bonds is 5. The molecule has 0 bridgehead atoms. The maximum Gasteiger partial charge on any atom is 0.333 e. The van der Waals surface area contributed by atoms with Crippen LogP contribution in [0.5, 0.6) is 0 Å².